The van der Waals surface area contributed by atoms with Gasteiger partial charge in [-0.05, 0) is 6.07 Å². The molecule has 1 aliphatic rings. The Morgan fingerprint density at radius 1 is 1.30 bits per heavy atom. The normalized spacial score (nSPS) is 15.6. The van der Waals surface area contributed by atoms with Crippen molar-refractivity contribution in [2.75, 3.05) is 13.1 Å². The van der Waals surface area contributed by atoms with Crippen LogP contribution in [0.5, 0.6) is 0 Å². The van der Waals surface area contributed by atoms with Crippen molar-refractivity contribution < 1.29 is 0 Å². The van der Waals surface area contributed by atoms with E-state index < -0.39 is 0 Å². The zero-order valence-corrected chi connectivity index (χ0v) is 14.7. The van der Waals surface area contributed by atoms with Crippen LogP contribution in [-0.2, 0) is 12.6 Å². The third-order valence-corrected chi connectivity index (χ3v) is 5.01. The average molecular weight is 359 g/mol. The van der Waals surface area contributed by atoms with Crippen molar-refractivity contribution >= 4 is 5.65 Å². The maximum absolute atomic E-state index is 9.18. The van der Waals surface area contributed by atoms with Gasteiger partial charge >= 0.3 is 0 Å². The van der Waals surface area contributed by atoms with Gasteiger partial charge in [0.2, 0.25) is 0 Å². The number of hydrogen-bond donors (Lipinski definition) is 1. The van der Waals surface area contributed by atoms with E-state index in [0.29, 0.717) is 12.2 Å². The zero-order chi connectivity index (χ0) is 18.4. The zero-order valence-electron chi connectivity index (χ0n) is 14.7. The number of imidazole rings is 1. The number of hydrogen-bond acceptors (Lipinski definition) is 6. The summed E-state index contributed by atoms with van der Waals surface area (Å²) in [5.74, 6) is 0.710. The summed E-state index contributed by atoms with van der Waals surface area (Å²) in [6, 6.07) is 6.15. The minimum Gasteiger partial charge on any atom is -0.312 e. The van der Waals surface area contributed by atoms with Gasteiger partial charge in [0, 0.05) is 56.6 Å². The molecule has 9 nitrogen and oxygen atoms in total. The maximum atomic E-state index is 9.18. The highest BCUT2D eigenvalue weighted by Crippen LogP contribution is 2.28. The first kappa shape index (κ1) is 15.7. The number of rotatable bonds is 4. The smallest absolute Gasteiger partial charge is 0.166 e. The summed E-state index contributed by atoms with van der Waals surface area (Å²) in [7, 11) is 1.88. The highest BCUT2D eigenvalue weighted by Gasteiger charge is 2.39. The van der Waals surface area contributed by atoms with Crippen LogP contribution < -0.4 is 5.32 Å². The van der Waals surface area contributed by atoms with Crippen LogP contribution in [-0.4, -0.2) is 47.0 Å². The second-order valence-electron chi connectivity index (χ2n) is 6.83. The van der Waals surface area contributed by atoms with Gasteiger partial charge in [-0.3, -0.25) is 13.8 Å². The molecule has 0 spiro atoms. The van der Waals surface area contributed by atoms with Gasteiger partial charge < -0.3 is 5.32 Å². The fraction of sp³-hybridized carbons (Fsp3) is 0.278. The molecule has 0 bridgehead atoms. The van der Waals surface area contributed by atoms with E-state index in [-0.39, 0.29) is 5.54 Å². The fourth-order valence-electron chi connectivity index (χ4n) is 3.44. The first-order chi connectivity index (χ1) is 13.2. The lowest BCUT2D eigenvalue weighted by molar-refractivity contribution is 0.161. The largest absolute Gasteiger partial charge is 0.312 e. The summed E-state index contributed by atoms with van der Waals surface area (Å²) in [4.78, 5) is 9.24. The Balaban J connectivity index is 1.63. The summed E-state index contributed by atoms with van der Waals surface area (Å²) >= 11 is 0. The lowest BCUT2D eigenvalue weighted by atomic mass is 9.89. The molecule has 1 aliphatic heterocycles. The summed E-state index contributed by atoms with van der Waals surface area (Å²) in [5.41, 5.74) is 2.98. The molecule has 1 fully saturated rings. The van der Waals surface area contributed by atoms with Gasteiger partial charge in [0.05, 0.1) is 24.4 Å². The molecule has 0 amide bonds. The molecule has 5 heterocycles. The number of nitriles is 1. The summed E-state index contributed by atoms with van der Waals surface area (Å²) in [6.07, 6.45) is 9.68. The lowest BCUT2D eigenvalue weighted by Crippen LogP contribution is -2.60. The second kappa shape index (κ2) is 5.75. The molecule has 0 aromatic carbocycles. The van der Waals surface area contributed by atoms with Crippen LogP contribution in [0.25, 0.3) is 28.4 Å². The molecule has 27 heavy (non-hydrogen) atoms. The average Bonchev–Trinajstić information content (AvgIpc) is 3.37. The molecule has 0 saturated carbocycles. The predicted octanol–water partition coefficient (Wildman–Crippen LogP) is 1.21. The minimum absolute atomic E-state index is 0.276. The molecule has 1 N–H and O–H groups in total. The van der Waals surface area contributed by atoms with Crippen LogP contribution in [0.15, 0.2) is 43.1 Å². The summed E-state index contributed by atoms with van der Waals surface area (Å²) in [5, 5.41) is 21.4. The van der Waals surface area contributed by atoms with E-state index in [1.165, 1.54) is 0 Å². The molecule has 0 atom stereocenters. The van der Waals surface area contributed by atoms with Crippen molar-refractivity contribution in [2.45, 2.75) is 12.0 Å². The molecule has 9 heteroatoms. The minimum atomic E-state index is -0.276. The van der Waals surface area contributed by atoms with Crippen molar-refractivity contribution in [1.29, 1.82) is 5.26 Å². The van der Waals surface area contributed by atoms with Gasteiger partial charge in [-0.15, -0.1) is 0 Å². The van der Waals surface area contributed by atoms with Crippen LogP contribution in [0.3, 0.4) is 0 Å². The Morgan fingerprint density at radius 2 is 2.19 bits per heavy atom. The van der Waals surface area contributed by atoms with Gasteiger partial charge in [0.15, 0.2) is 5.82 Å². The SMILES string of the molecule is Cn1cc(-c2cc3nccn3c(-c3ccn(C4(CC#N)CNC4)n3)n2)cn1. The number of fused-ring (bicyclic) bond motifs is 1. The molecule has 4 aromatic heterocycles. The van der Waals surface area contributed by atoms with E-state index in [1.54, 1.807) is 17.1 Å². The van der Waals surface area contributed by atoms with Crippen LogP contribution in [0.1, 0.15) is 6.42 Å². The molecular weight excluding hydrogens is 342 g/mol. The quantitative estimate of drug-likeness (QED) is 0.588. The Morgan fingerprint density at radius 3 is 2.89 bits per heavy atom. The van der Waals surface area contributed by atoms with Crippen molar-refractivity contribution in [2.24, 2.45) is 7.05 Å². The van der Waals surface area contributed by atoms with Crippen LogP contribution in [0.2, 0.25) is 0 Å². The molecule has 134 valence electrons. The number of aromatic nitrogens is 7. The molecular formula is C18H17N9. The predicted molar refractivity (Wildman–Crippen MR) is 97.5 cm³/mol. The maximum Gasteiger partial charge on any atom is 0.166 e. The van der Waals surface area contributed by atoms with Crippen LogP contribution >= 0.6 is 0 Å². The highest BCUT2D eigenvalue weighted by molar-refractivity contribution is 5.67. The van der Waals surface area contributed by atoms with Gasteiger partial charge in [-0.25, -0.2) is 9.97 Å². The topological polar surface area (TPSA) is 102 Å². The fourth-order valence-corrected chi connectivity index (χ4v) is 3.44. The molecule has 1 saturated heterocycles. The number of nitrogens with one attached hydrogen (secondary N) is 1. The molecule has 0 aliphatic carbocycles. The van der Waals surface area contributed by atoms with Gasteiger partial charge in [-0.2, -0.15) is 15.5 Å². The molecule has 0 radical (unpaired) electrons. The first-order valence-electron chi connectivity index (χ1n) is 8.66. The monoisotopic (exact) mass is 359 g/mol. The summed E-state index contributed by atoms with van der Waals surface area (Å²) in [6.45, 7) is 1.48. The number of nitrogens with zero attached hydrogens (tertiary/aromatic N) is 8. The van der Waals surface area contributed by atoms with E-state index in [0.717, 1.165) is 35.7 Å². The Hall–Kier alpha value is -3.51. The van der Waals surface area contributed by atoms with Crippen LogP contribution in [0.4, 0.5) is 0 Å². The second-order valence-corrected chi connectivity index (χ2v) is 6.83. The third kappa shape index (κ3) is 2.42. The van der Waals surface area contributed by atoms with Gasteiger partial charge in [-0.1, -0.05) is 0 Å². The van der Waals surface area contributed by atoms with E-state index in [9.17, 15) is 5.26 Å². The third-order valence-electron chi connectivity index (χ3n) is 5.01. The van der Waals surface area contributed by atoms with Crippen molar-refractivity contribution in [3.05, 3.63) is 43.1 Å². The molecule has 0 unspecified atom stereocenters. The lowest BCUT2D eigenvalue weighted by Gasteiger charge is -2.41. The number of aryl methyl sites for hydroxylation is 1. The van der Waals surface area contributed by atoms with E-state index in [1.807, 2.05) is 46.9 Å². The Bertz CT molecular complexity index is 1170. The Kier molecular flexibility index (Phi) is 3.35. The van der Waals surface area contributed by atoms with Crippen molar-refractivity contribution in [3.8, 4) is 28.8 Å². The standard InChI is InChI=1S/C18H17N9/c1-25-10-13(9-22-25)15-8-16-21-5-7-26(16)17(23-15)14-2-6-27(24-14)18(3-4-19)11-20-12-18/h2,5-10,20H,3,11-12H2,1H3. The molecule has 4 aromatic rings. The highest BCUT2D eigenvalue weighted by atomic mass is 15.4. The van der Waals surface area contributed by atoms with Crippen molar-refractivity contribution in [3.63, 3.8) is 0 Å². The van der Waals surface area contributed by atoms with Crippen molar-refractivity contribution in [1.82, 2.24) is 39.2 Å². The van der Waals surface area contributed by atoms with E-state index in [4.69, 9.17) is 10.1 Å². The van der Waals surface area contributed by atoms with Crippen LogP contribution in [0, 0.1) is 11.3 Å². The molecule has 5 rings (SSSR count). The van der Waals surface area contributed by atoms with Gasteiger partial charge in [0.25, 0.3) is 0 Å². The van der Waals surface area contributed by atoms with E-state index in [2.05, 4.69) is 21.5 Å². The van der Waals surface area contributed by atoms with E-state index >= 15 is 0 Å². The summed E-state index contributed by atoms with van der Waals surface area (Å²) < 4.78 is 5.56. The Labute approximate surface area is 154 Å². The first-order valence-corrected chi connectivity index (χ1v) is 8.66. The van der Waals surface area contributed by atoms with Gasteiger partial charge in [0.1, 0.15) is 16.9 Å².